The summed E-state index contributed by atoms with van der Waals surface area (Å²) in [5.74, 6) is 0.622. The highest BCUT2D eigenvalue weighted by Gasteiger charge is 2.13. The summed E-state index contributed by atoms with van der Waals surface area (Å²) in [6.45, 7) is 0.0978. The van der Waals surface area contributed by atoms with Crippen molar-refractivity contribution in [2.24, 2.45) is 0 Å². The van der Waals surface area contributed by atoms with Gasteiger partial charge in [0.15, 0.2) is 6.61 Å². The van der Waals surface area contributed by atoms with E-state index >= 15 is 0 Å². The second kappa shape index (κ2) is 10.7. The number of halogens is 1. The molecular weight excluding hydrogens is 390 g/mol. The predicted molar refractivity (Wildman–Crippen MR) is 105 cm³/mol. The van der Waals surface area contributed by atoms with Gasteiger partial charge in [0.05, 0.1) is 19.8 Å². The fourth-order valence-corrected chi connectivity index (χ4v) is 2.98. The molecule has 0 fully saturated rings. The van der Waals surface area contributed by atoms with Gasteiger partial charge in [-0.3, -0.25) is 4.79 Å². The molecule has 2 aromatic carbocycles. The molecule has 2 aromatic rings. The zero-order valence-electron chi connectivity index (χ0n) is 15.0. The van der Waals surface area contributed by atoms with E-state index < -0.39 is 5.97 Å². The first-order valence-corrected chi connectivity index (χ1v) is 9.43. The quantitative estimate of drug-likeness (QED) is 0.388. The lowest BCUT2D eigenvalue weighted by atomic mass is 10.2. The lowest BCUT2D eigenvalue weighted by molar-refractivity contribution is -0.124. The van der Waals surface area contributed by atoms with Crippen LogP contribution in [0.4, 0.5) is 0 Å². The summed E-state index contributed by atoms with van der Waals surface area (Å²) >= 11 is 7.42. The predicted octanol–water partition coefficient (Wildman–Crippen LogP) is 3.42. The molecule has 6 nitrogen and oxygen atoms in total. The second-order valence-corrected chi connectivity index (χ2v) is 6.93. The molecule has 0 unspecified atom stereocenters. The number of rotatable bonds is 9. The molecule has 0 spiro atoms. The molecule has 1 N–H and O–H groups in total. The second-order valence-electron chi connectivity index (χ2n) is 5.33. The third-order valence-electron chi connectivity index (χ3n) is 3.43. The largest absolute Gasteiger partial charge is 0.497 e. The van der Waals surface area contributed by atoms with Gasteiger partial charge in [-0.1, -0.05) is 11.6 Å². The van der Waals surface area contributed by atoms with E-state index in [2.05, 4.69) is 5.32 Å². The summed E-state index contributed by atoms with van der Waals surface area (Å²) in [7, 11) is 2.97. The van der Waals surface area contributed by atoms with Gasteiger partial charge in [-0.05, 0) is 36.4 Å². The Labute approximate surface area is 167 Å². The topological polar surface area (TPSA) is 73.9 Å². The van der Waals surface area contributed by atoms with Crippen molar-refractivity contribution in [1.82, 2.24) is 5.32 Å². The Kier molecular flexibility index (Phi) is 8.29. The van der Waals surface area contributed by atoms with Gasteiger partial charge in [0, 0.05) is 28.3 Å². The maximum absolute atomic E-state index is 12.1. The Bertz CT molecular complexity index is 760. The van der Waals surface area contributed by atoms with Crippen molar-refractivity contribution < 1.29 is 23.8 Å². The van der Waals surface area contributed by atoms with Crippen LogP contribution >= 0.6 is 23.4 Å². The fraction of sp³-hybridized carbons (Fsp3) is 0.263. The van der Waals surface area contributed by atoms with Gasteiger partial charge in [-0.25, -0.2) is 4.79 Å². The number of ether oxygens (including phenoxy) is 3. The molecule has 8 heteroatoms. The van der Waals surface area contributed by atoms with E-state index in [0.717, 1.165) is 4.90 Å². The number of hydrogen-bond donors (Lipinski definition) is 1. The maximum atomic E-state index is 12.1. The van der Waals surface area contributed by atoms with Crippen LogP contribution in [0.2, 0.25) is 5.02 Å². The molecule has 0 bridgehead atoms. The van der Waals surface area contributed by atoms with Gasteiger partial charge >= 0.3 is 5.97 Å². The van der Waals surface area contributed by atoms with Crippen molar-refractivity contribution in [3.8, 4) is 11.5 Å². The average Bonchev–Trinajstić information content (AvgIpc) is 2.70. The van der Waals surface area contributed by atoms with E-state index in [9.17, 15) is 9.59 Å². The molecule has 0 aliphatic heterocycles. The van der Waals surface area contributed by atoms with Gasteiger partial charge in [0.2, 0.25) is 0 Å². The van der Waals surface area contributed by atoms with Gasteiger partial charge in [-0.15, -0.1) is 11.8 Å². The molecule has 27 heavy (non-hydrogen) atoms. The van der Waals surface area contributed by atoms with Crippen molar-refractivity contribution in [3.63, 3.8) is 0 Å². The van der Waals surface area contributed by atoms with E-state index in [0.29, 0.717) is 28.8 Å². The number of hydrogen-bond acceptors (Lipinski definition) is 6. The van der Waals surface area contributed by atoms with Crippen LogP contribution in [-0.4, -0.2) is 45.0 Å². The molecule has 0 saturated heterocycles. The van der Waals surface area contributed by atoms with Crippen molar-refractivity contribution in [2.75, 3.05) is 33.1 Å². The molecule has 0 saturated carbocycles. The van der Waals surface area contributed by atoms with Gasteiger partial charge in [0.25, 0.3) is 5.91 Å². The summed E-state index contributed by atoms with van der Waals surface area (Å²) in [4.78, 5) is 25.0. The van der Waals surface area contributed by atoms with E-state index in [1.54, 1.807) is 17.8 Å². The van der Waals surface area contributed by atoms with Crippen molar-refractivity contribution in [2.45, 2.75) is 4.90 Å². The molecule has 144 valence electrons. The minimum Gasteiger partial charge on any atom is -0.497 e. The number of methoxy groups -OCH3 is 2. The van der Waals surface area contributed by atoms with Crippen LogP contribution in [0.5, 0.6) is 11.5 Å². The van der Waals surface area contributed by atoms with Crippen LogP contribution < -0.4 is 14.8 Å². The van der Waals surface area contributed by atoms with Crippen LogP contribution in [0.1, 0.15) is 10.4 Å². The number of amides is 1. The molecule has 0 aromatic heterocycles. The third kappa shape index (κ3) is 7.03. The van der Waals surface area contributed by atoms with Gasteiger partial charge in [-0.2, -0.15) is 0 Å². The third-order valence-corrected chi connectivity index (χ3v) is 4.69. The highest BCUT2D eigenvalue weighted by molar-refractivity contribution is 7.99. The van der Waals surface area contributed by atoms with E-state index in [4.69, 9.17) is 25.8 Å². The Hall–Kier alpha value is -2.38. The number of esters is 1. The minimum atomic E-state index is -0.627. The van der Waals surface area contributed by atoms with Crippen molar-refractivity contribution in [3.05, 3.63) is 53.1 Å². The zero-order valence-corrected chi connectivity index (χ0v) is 16.6. The molecule has 0 aliphatic carbocycles. The lowest BCUT2D eigenvalue weighted by Gasteiger charge is -2.09. The van der Waals surface area contributed by atoms with Crippen LogP contribution in [0.25, 0.3) is 0 Å². The monoisotopic (exact) mass is 409 g/mol. The number of carbonyl (C=O) groups excluding carboxylic acids is 2. The van der Waals surface area contributed by atoms with Gasteiger partial charge < -0.3 is 19.5 Å². The Morgan fingerprint density at radius 1 is 1.04 bits per heavy atom. The van der Waals surface area contributed by atoms with Crippen LogP contribution in [0.15, 0.2) is 47.4 Å². The maximum Gasteiger partial charge on any atom is 0.338 e. The number of nitrogens with one attached hydrogen (secondary N) is 1. The summed E-state index contributed by atoms with van der Waals surface area (Å²) < 4.78 is 15.2. The van der Waals surface area contributed by atoms with E-state index in [1.165, 1.54) is 26.4 Å². The Morgan fingerprint density at radius 2 is 1.67 bits per heavy atom. The normalized spacial score (nSPS) is 10.2. The SMILES string of the molecule is COc1cc(OC)cc(C(=O)OCC(=O)NCCSc2ccc(Cl)cc2)c1. The van der Waals surface area contributed by atoms with Crippen molar-refractivity contribution >= 4 is 35.2 Å². The standard InChI is InChI=1S/C19H20ClNO5S/c1-24-15-9-13(10-16(11-15)25-2)19(23)26-12-18(22)21-7-8-27-17-5-3-14(20)4-6-17/h3-6,9-11H,7-8,12H2,1-2H3,(H,21,22). The van der Waals surface area contributed by atoms with Crippen LogP contribution in [-0.2, 0) is 9.53 Å². The average molecular weight is 410 g/mol. The highest BCUT2D eigenvalue weighted by Crippen LogP contribution is 2.23. The summed E-state index contributed by atoms with van der Waals surface area (Å²) in [5.41, 5.74) is 0.247. The Balaban J connectivity index is 1.73. The minimum absolute atomic E-state index is 0.247. The highest BCUT2D eigenvalue weighted by atomic mass is 35.5. The van der Waals surface area contributed by atoms with Crippen LogP contribution in [0, 0.1) is 0 Å². The first-order chi connectivity index (χ1) is 13.0. The number of benzene rings is 2. The van der Waals surface area contributed by atoms with E-state index in [-0.39, 0.29) is 18.1 Å². The molecular formula is C19H20ClNO5S. The molecule has 2 rings (SSSR count). The fourth-order valence-electron chi connectivity index (χ4n) is 2.08. The van der Waals surface area contributed by atoms with Gasteiger partial charge in [0.1, 0.15) is 11.5 Å². The van der Waals surface area contributed by atoms with Crippen molar-refractivity contribution in [1.29, 1.82) is 0 Å². The lowest BCUT2D eigenvalue weighted by Crippen LogP contribution is -2.30. The summed E-state index contributed by atoms with van der Waals surface area (Å²) in [6, 6.07) is 12.1. The molecule has 0 heterocycles. The molecule has 0 radical (unpaired) electrons. The molecule has 0 atom stereocenters. The van der Waals surface area contributed by atoms with E-state index in [1.807, 2.05) is 24.3 Å². The first kappa shape index (κ1) is 20.9. The number of carbonyl (C=O) groups is 2. The summed E-state index contributed by atoms with van der Waals surface area (Å²) in [5, 5.41) is 3.39. The molecule has 0 aliphatic rings. The van der Waals surface area contributed by atoms with Crippen LogP contribution in [0.3, 0.4) is 0 Å². The number of thioether (sulfide) groups is 1. The molecule has 1 amide bonds. The zero-order chi connectivity index (χ0) is 19.6. The Morgan fingerprint density at radius 3 is 2.26 bits per heavy atom. The smallest absolute Gasteiger partial charge is 0.338 e. The first-order valence-electron chi connectivity index (χ1n) is 8.07. The summed E-state index contributed by atoms with van der Waals surface area (Å²) in [6.07, 6.45) is 0.